The number of nitrogens with zero attached hydrogens (tertiary/aromatic N) is 3. The third kappa shape index (κ3) is 1.62. The van der Waals surface area contributed by atoms with Gasteiger partial charge >= 0.3 is 11.4 Å². The van der Waals surface area contributed by atoms with Crippen molar-refractivity contribution in [1.82, 2.24) is 4.98 Å². The Morgan fingerprint density at radius 1 is 1.36 bits per heavy atom. The molecule has 0 aliphatic heterocycles. The van der Waals surface area contributed by atoms with Crippen LogP contribution in [0.15, 0.2) is 6.20 Å². The molecule has 0 atom stereocenters. The Morgan fingerprint density at radius 2 is 1.93 bits per heavy atom. The minimum atomic E-state index is -0.818. The van der Waals surface area contributed by atoms with Crippen molar-refractivity contribution in [1.29, 1.82) is 0 Å². The molecule has 0 saturated carbocycles. The molecule has 1 aromatic heterocycles. The molecule has 0 aliphatic carbocycles. The van der Waals surface area contributed by atoms with Crippen molar-refractivity contribution in [2.45, 2.75) is 6.92 Å². The molecule has 0 amide bonds. The van der Waals surface area contributed by atoms with Crippen molar-refractivity contribution in [2.75, 3.05) is 0 Å². The number of hydrogen-bond acceptors (Lipinski definition) is 5. The summed E-state index contributed by atoms with van der Waals surface area (Å²) in [6, 6.07) is 0. The van der Waals surface area contributed by atoms with Gasteiger partial charge in [0.15, 0.2) is 5.02 Å². The number of pyridine rings is 1. The van der Waals surface area contributed by atoms with Gasteiger partial charge in [-0.3, -0.25) is 20.2 Å². The van der Waals surface area contributed by atoms with Gasteiger partial charge in [-0.05, 0) is 6.92 Å². The van der Waals surface area contributed by atoms with E-state index >= 15 is 0 Å². The lowest BCUT2D eigenvalue weighted by Crippen LogP contribution is -1.99. The molecule has 0 unspecified atom stereocenters. The first-order valence-electron chi connectivity index (χ1n) is 3.39. The maximum absolute atomic E-state index is 10.5. The lowest BCUT2D eigenvalue weighted by molar-refractivity contribution is -0.394. The zero-order chi connectivity index (χ0) is 10.9. The van der Waals surface area contributed by atoms with Crippen molar-refractivity contribution in [2.24, 2.45) is 0 Å². The summed E-state index contributed by atoms with van der Waals surface area (Å²) in [5, 5.41) is 20.3. The van der Waals surface area contributed by atoms with Crippen molar-refractivity contribution >= 4 is 23.0 Å². The van der Waals surface area contributed by atoms with Gasteiger partial charge in [-0.1, -0.05) is 11.6 Å². The van der Waals surface area contributed by atoms with E-state index in [-0.39, 0.29) is 5.69 Å². The largest absolute Gasteiger partial charge is 0.315 e. The fraction of sp³-hybridized carbons (Fsp3) is 0.167. The second kappa shape index (κ2) is 3.54. The fourth-order valence-electron chi connectivity index (χ4n) is 0.895. The van der Waals surface area contributed by atoms with Crippen LogP contribution in [0.4, 0.5) is 11.4 Å². The Bertz CT molecular complexity index is 420. The van der Waals surface area contributed by atoms with E-state index in [1.165, 1.54) is 6.92 Å². The molecule has 1 heterocycles. The molecule has 0 aliphatic rings. The van der Waals surface area contributed by atoms with Crippen LogP contribution in [0.2, 0.25) is 5.02 Å². The van der Waals surface area contributed by atoms with E-state index in [1.807, 2.05) is 0 Å². The van der Waals surface area contributed by atoms with Crippen molar-refractivity contribution in [3.8, 4) is 0 Å². The average Bonchev–Trinajstić information content (AvgIpc) is 2.02. The van der Waals surface area contributed by atoms with Gasteiger partial charge in [-0.15, -0.1) is 0 Å². The minimum absolute atomic E-state index is 0.0469. The molecule has 1 rings (SSSR count). The van der Waals surface area contributed by atoms with Crippen LogP contribution in [0.5, 0.6) is 0 Å². The first kappa shape index (κ1) is 10.3. The molecule has 14 heavy (non-hydrogen) atoms. The summed E-state index contributed by atoms with van der Waals surface area (Å²) in [5.74, 6) is 0. The van der Waals surface area contributed by atoms with Gasteiger partial charge in [0.2, 0.25) is 0 Å². The highest BCUT2D eigenvalue weighted by Crippen LogP contribution is 2.34. The summed E-state index contributed by atoms with van der Waals surface area (Å²) < 4.78 is 0. The highest BCUT2D eigenvalue weighted by Gasteiger charge is 2.26. The van der Waals surface area contributed by atoms with Gasteiger partial charge in [-0.2, -0.15) is 0 Å². The molecule has 7 nitrogen and oxygen atoms in total. The van der Waals surface area contributed by atoms with Gasteiger partial charge in [0.25, 0.3) is 0 Å². The van der Waals surface area contributed by atoms with E-state index in [2.05, 4.69) is 4.98 Å². The summed E-state index contributed by atoms with van der Waals surface area (Å²) in [6.07, 6.45) is 0.894. The summed E-state index contributed by atoms with van der Waals surface area (Å²) >= 11 is 5.48. The SMILES string of the molecule is Cc1ncc([N+](=O)[O-])c(Cl)c1[N+](=O)[O-]. The topological polar surface area (TPSA) is 99.2 Å². The van der Waals surface area contributed by atoms with Gasteiger partial charge in [0, 0.05) is 0 Å². The second-order valence-electron chi connectivity index (χ2n) is 2.41. The molecule has 0 fully saturated rings. The normalized spacial score (nSPS) is 9.86. The molecule has 0 radical (unpaired) electrons. The zero-order valence-corrected chi connectivity index (χ0v) is 7.69. The van der Waals surface area contributed by atoms with E-state index < -0.39 is 26.2 Å². The molecular formula is C6H4ClN3O4. The van der Waals surface area contributed by atoms with E-state index in [4.69, 9.17) is 11.6 Å². The third-order valence-electron chi connectivity index (χ3n) is 1.54. The van der Waals surface area contributed by atoms with Crippen LogP contribution >= 0.6 is 11.6 Å². The van der Waals surface area contributed by atoms with Crippen LogP contribution in [-0.2, 0) is 0 Å². The Hall–Kier alpha value is -1.76. The predicted octanol–water partition coefficient (Wildman–Crippen LogP) is 1.86. The van der Waals surface area contributed by atoms with E-state index in [1.54, 1.807) is 0 Å². The molecule has 1 aromatic rings. The molecular weight excluding hydrogens is 214 g/mol. The van der Waals surface area contributed by atoms with Crippen molar-refractivity contribution in [3.63, 3.8) is 0 Å². The Labute approximate surface area is 82.6 Å². The molecule has 0 bridgehead atoms. The standard InChI is InChI=1S/C6H4ClN3O4/c1-3-6(10(13)14)5(7)4(2-8-3)9(11)12/h2H,1H3. The molecule has 0 spiro atoms. The van der Waals surface area contributed by atoms with Gasteiger partial charge in [0.05, 0.1) is 9.85 Å². The van der Waals surface area contributed by atoms with Crippen LogP contribution in [0.3, 0.4) is 0 Å². The van der Waals surface area contributed by atoms with Gasteiger partial charge in [0.1, 0.15) is 11.9 Å². The van der Waals surface area contributed by atoms with Crippen LogP contribution in [0, 0.1) is 27.2 Å². The summed E-state index contributed by atoms with van der Waals surface area (Å²) in [5.41, 5.74) is -1.05. The first-order chi connectivity index (χ1) is 6.45. The molecule has 74 valence electrons. The van der Waals surface area contributed by atoms with Gasteiger partial charge in [-0.25, -0.2) is 4.98 Å². The second-order valence-corrected chi connectivity index (χ2v) is 2.78. The number of nitro groups is 2. The monoisotopic (exact) mass is 217 g/mol. The summed E-state index contributed by atoms with van der Waals surface area (Å²) in [7, 11) is 0. The maximum Gasteiger partial charge on any atom is 0.315 e. The van der Waals surface area contributed by atoms with Crippen molar-refractivity contribution in [3.05, 3.63) is 37.1 Å². The highest BCUT2D eigenvalue weighted by atomic mass is 35.5. The number of rotatable bonds is 2. The Kier molecular flexibility index (Phi) is 2.61. The van der Waals surface area contributed by atoms with Crippen LogP contribution < -0.4 is 0 Å². The number of aromatic nitrogens is 1. The number of aryl methyl sites for hydroxylation is 1. The van der Waals surface area contributed by atoms with E-state index in [0.717, 1.165) is 6.20 Å². The third-order valence-corrected chi connectivity index (χ3v) is 1.91. The van der Waals surface area contributed by atoms with Crippen LogP contribution in [-0.4, -0.2) is 14.8 Å². The average molecular weight is 218 g/mol. The quantitative estimate of drug-likeness (QED) is 0.556. The van der Waals surface area contributed by atoms with Crippen molar-refractivity contribution < 1.29 is 9.85 Å². The number of hydrogen-bond donors (Lipinski definition) is 0. The Morgan fingerprint density at radius 3 is 2.36 bits per heavy atom. The lowest BCUT2D eigenvalue weighted by Gasteiger charge is -1.98. The van der Waals surface area contributed by atoms with E-state index in [9.17, 15) is 20.2 Å². The first-order valence-corrected chi connectivity index (χ1v) is 3.76. The molecule has 0 saturated heterocycles. The smallest absolute Gasteiger partial charge is 0.258 e. The number of halogens is 1. The minimum Gasteiger partial charge on any atom is -0.258 e. The summed E-state index contributed by atoms with van der Waals surface area (Å²) in [6.45, 7) is 1.35. The van der Waals surface area contributed by atoms with E-state index in [0.29, 0.717) is 0 Å². The van der Waals surface area contributed by atoms with Crippen LogP contribution in [0.1, 0.15) is 5.69 Å². The molecule has 0 N–H and O–H groups in total. The molecule has 8 heteroatoms. The van der Waals surface area contributed by atoms with Crippen LogP contribution in [0.25, 0.3) is 0 Å². The predicted molar refractivity (Wildman–Crippen MR) is 47.3 cm³/mol. The maximum atomic E-state index is 10.5. The molecule has 0 aromatic carbocycles. The van der Waals surface area contributed by atoms with Gasteiger partial charge < -0.3 is 0 Å². The zero-order valence-electron chi connectivity index (χ0n) is 6.93. The summed E-state index contributed by atoms with van der Waals surface area (Å²) in [4.78, 5) is 22.7. The highest BCUT2D eigenvalue weighted by molar-refractivity contribution is 6.34. The Balaban J connectivity index is 3.49. The lowest BCUT2D eigenvalue weighted by atomic mass is 10.3. The fourth-order valence-corrected chi connectivity index (χ4v) is 1.22.